The smallest absolute Gasteiger partial charge is 0.238 e. The zero-order chi connectivity index (χ0) is 23.5. The molecule has 0 atom stereocenters. The number of anilines is 1. The number of ether oxygens (including phenoxy) is 3. The Morgan fingerprint density at radius 2 is 1.53 bits per heavy atom. The number of carbonyl (C=O) groups excluding carboxylic acids is 2. The zero-order valence-corrected chi connectivity index (χ0v) is 19.5. The molecule has 0 aromatic heterocycles. The standard InChI is InChI=1S/C24H33N3O5/c1-6-11-27(16-24(29)26-19-10-8-7-9-17(19)2)15-23(28)25-14-18-12-21(31-4)22(32-5)13-20(18)30-3/h7-10,12-13H,6,11,14-16H2,1-5H3,(H,25,28)(H,26,29). The summed E-state index contributed by atoms with van der Waals surface area (Å²) in [6.07, 6.45) is 0.828. The number of amides is 2. The summed E-state index contributed by atoms with van der Waals surface area (Å²) in [4.78, 5) is 26.9. The molecule has 2 aromatic carbocycles. The van der Waals surface area contributed by atoms with Crippen molar-refractivity contribution in [3.05, 3.63) is 47.5 Å². The summed E-state index contributed by atoms with van der Waals surface area (Å²) in [6.45, 7) is 5.10. The van der Waals surface area contributed by atoms with Gasteiger partial charge < -0.3 is 24.8 Å². The normalized spacial score (nSPS) is 10.6. The SMILES string of the molecule is CCCN(CC(=O)NCc1cc(OC)c(OC)cc1OC)CC(=O)Nc1ccccc1C. The molecule has 8 nitrogen and oxygen atoms in total. The van der Waals surface area contributed by atoms with Crippen molar-refractivity contribution in [2.45, 2.75) is 26.8 Å². The third kappa shape index (κ3) is 7.16. The van der Waals surface area contributed by atoms with Crippen LogP contribution >= 0.6 is 0 Å². The number of aryl methyl sites for hydroxylation is 1. The number of para-hydroxylation sites is 1. The molecule has 174 valence electrons. The highest BCUT2D eigenvalue weighted by atomic mass is 16.5. The van der Waals surface area contributed by atoms with Gasteiger partial charge in [0, 0.05) is 23.9 Å². The Kier molecular flexibility index (Phi) is 9.81. The van der Waals surface area contributed by atoms with Crippen LogP contribution < -0.4 is 24.8 Å². The molecule has 2 aromatic rings. The first-order valence-electron chi connectivity index (χ1n) is 10.5. The van der Waals surface area contributed by atoms with Crippen molar-refractivity contribution in [3.63, 3.8) is 0 Å². The Bertz CT molecular complexity index is 917. The van der Waals surface area contributed by atoms with Gasteiger partial charge in [-0.15, -0.1) is 0 Å². The van der Waals surface area contributed by atoms with Crippen LogP contribution in [0.15, 0.2) is 36.4 Å². The summed E-state index contributed by atoms with van der Waals surface area (Å²) >= 11 is 0. The predicted octanol–water partition coefficient (Wildman–Crippen LogP) is 2.99. The summed E-state index contributed by atoms with van der Waals surface area (Å²) in [5.74, 6) is 1.36. The average Bonchev–Trinajstić information content (AvgIpc) is 2.78. The van der Waals surface area contributed by atoms with Crippen LogP contribution in [-0.4, -0.2) is 57.7 Å². The largest absolute Gasteiger partial charge is 0.496 e. The van der Waals surface area contributed by atoms with Crippen LogP contribution in [0.3, 0.4) is 0 Å². The molecular weight excluding hydrogens is 410 g/mol. The van der Waals surface area contributed by atoms with E-state index >= 15 is 0 Å². The van der Waals surface area contributed by atoms with E-state index in [9.17, 15) is 9.59 Å². The molecule has 0 heterocycles. The first kappa shape index (κ1) is 25.0. The lowest BCUT2D eigenvalue weighted by Crippen LogP contribution is -2.41. The Balaban J connectivity index is 1.97. The van der Waals surface area contributed by atoms with E-state index in [-0.39, 0.29) is 31.4 Å². The summed E-state index contributed by atoms with van der Waals surface area (Å²) in [5.41, 5.74) is 2.53. The van der Waals surface area contributed by atoms with Crippen molar-refractivity contribution in [1.29, 1.82) is 0 Å². The first-order valence-corrected chi connectivity index (χ1v) is 10.5. The molecule has 0 aliphatic heterocycles. The van der Waals surface area contributed by atoms with Gasteiger partial charge in [0.1, 0.15) is 5.75 Å². The van der Waals surface area contributed by atoms with Crippen molar-refractivity contribution < 1.29 is 23.8 Å². The van der Waals surface area contributed by atoms with E-state index in [1.807, 2.05) is 43.0 Å². The lowest BCUT2D eigenvalue weighted by Gasteiger charge is -2.21. The Labute approximate surface area is 189 Å². The summed E-state index contributed by atoms with van der Waals surface area (Å²) in [6, 6.07) is 11.1. The van der Waals surface area contributed by atoms with E-state index in [0.717, 1.165) is 23.2 Å². The van der Waals surface area contributed by atoms with Crippen molar-refractivity contribution in [3.8, 4) is 17.2 Å². The monoisotopic (exact) mass is 443 g/mol. The molecule has 0 unspecified atom stereocenters. The molecular formula is C24H33N3O5. The fourth-order valence-corrected chi connectivity index (χ4v) is 3.32. The second kappa shape index (κ2) is 12.6. The van der Waals surface area contributed by atoms with Gasteiger partial charge in [0.05, 0.1) is 34.4 Å². The van der Waals surface area contributed by atoms with Crippen molar-refractivity contribution in [2.75, 3.05) is 46.3 Å². The minimum absolute atomic E-state index is 0.116. The number of hydrogen-bond donors (Lipinski definition) is 2. The molecule has 0 aliphatic carbocycles. The van der Waals surface area contributed by atoms with Crippen LogP contribution in [0.5, 0.6) is 17.2 Å². The molecule has 0 spiro atoms. The highest BCUT2D eigenvalue weighted by molar-refractivity contribution is 5.93. The molecule has 2 N–H and O–H groups in total. The van der Waals surface area contributed by atoms with Gasteiger partial charge >= 0.3 is 0 Å². The lowest BCUT2D eigenvalue weighted by molar-refractivity contribution is -0.123. The number of nitrogens with zero attached hydrogens (tertiary/aromatic N) is 1. The van der Waals surface area contributed by atoms with Crippen molar-refractivity contribution in [2.24, 2.45) is 0 Å². The fraction of sp³-hybridized carbons (Fsp3) is 0.417. The summed E-state index contributed by atoms with van der Waals surface area (Å²) < 4.78 is 16.0. The first-order chi connectivity index (χ1) is 15.4. The molecule has 32 heavy (non-hydrogen) atoms. The second-order valence-corrected chi connectivity index (χ2v) is 7.37. The number of carbonyl (C=O) groups is 2. The maximum Gasteiger partial charge on any atom is 0.238 e. The highest BCUT2D eigenvalue weighted by Gasteiger charge is 2.16. The minimum atomic E-state index is -0.182. The number of benzene rings is 2. The van der Waals surface area contributed by atoms with Gasteiger partial charge in [-0.2, -0.15) is 0 Å². The van der Waals surface area contributed by atoms with Crippen LogP contribution in [0.2, 0.25) is 0 Å². The number of methoxy groups -OCH3 is 3. The van der Waals surface area contributed by atoms with E-state index < -0.39 is 0 Å². The van der Waals surface area contributed by atoms with Crippen LogP contribution in [0.25, 0.3) is 0 Å². The van der Waals surface area contributed by atoms with Crippen LogP contribution in [0.4, 0.5) is 5.69 Å². The van der Waals surface area contributed by atoms with Gasteiger partial charge in [-0.25, -0.2) is 0 Å². The van der Waals surface area contributed by atoms with E-state index in [1.54, 1.807) is 33.5 Å². The molecule has 0 saturated heterocycles. The van der Waals surface area contributed by atoms with Gasteiger partial charge in [0.15, 0.2) is 11.5 Å². The highest BCUT2D eigenvalue weighted by Crippen LogP contribution is 2.34. The van der Waals surface area contributed by atoms with Gasteiger partial charge in [-0.3, -0.25) is 14.5 Å². The van der Waals surface area contributed by atoms with Gasteiger partial charge in [0.2, 0.25) is 11.8 Å². The molecule has 2 amide bonds. The Hall–Kier alpha value is -3.26. The van der Waals surface area contributed by atoms with Crippen LogP contribution in [0, 0.1) is 6.92 Å². The maximum absolute atomic E-state index is 12.6. The minimum Gasteiger partial charge on any atom is -0.496 e. The Morgan fingerprint density at radius 1 is 0.906 bits per heavy atom. The molecule has 0 bridgehead atoms. The molecule has 0 aliphatic rings. The van der Waals surface area contributed by atoms with Gasteiger partial charge in [-0.1, -0.05) is 25.1 Å². The van der Waals surface area contributed by atoms with Crippen LogP contribution in [-0.2, 0) is 16.1 Å². The van der Waals surface area contributed by atoms with Crippen LogP contribution in [0.1, 0.15) is 24.5 Å². The van der Waals surface area contributed by atoms with E-state index in [4.69, 9.17) is 14.2 Å². The lowest BCUT2D eigenvalue weighted by atomic mass is 10.1. The van der Waals surface area contributed by atoms with Gasteiger partial charge in [-0.05, 0) is 37.6 Å². The molecule has 2 rings (SSSR count). The van der Waals surface area contributed by atoms with Crippen molar-refractivity contribution >= 4 is 17.5 Å². The zero-order valence-electron chi connectivity index (χ0n) is 19.5. The number of nitrogens with one attached hydrogen (secondary N) is 2. The number of hydrogen-bond acceptors (Lipinski definition) is 6. The van der Waals surface area contributed by atoms with Crippen molar-refractivity contribution in [1.82, 2.24) is 10.2 Å². The summed E-state index contributed by atoms with van der Waals surface area (Å²) in [7, 11) is 4.66. The average molecular weight is 444 g/mol. The molecule has 0 fully saturated rings. The van der Waals surface area contributed by atoms with E-state index in [2.05, 4.69) is 10.6 Å². The quantitative estimate of drug-likeness (QED) is 0.524. The molecule has 8 heteroatoms. The molecule has 0 saturated carbocycles. The van der Waals surface area contributed by atoms with E-state index in [0.29, 0.717) is 23.8 Å². The van der Waals surface area contributed by atoms with Gasteiger partial charge in [0.25, 0.3) is 0 Å². The maximum atomic E-state index is 12.6. The van der Waals surface area contributed by atoms with E-state index in [1.165, 1.54) is 0 Å². The third-order valence-corrected chi connectivity index (χ3v) is 4.96. The Morgan fingerprint density at radius 3 is 2.16 bits per heavy atom. The second-order valence-electron chi connectivity index (χ2n) is 7.37. The molecule has 0 radical (unpaired) electrons. The summed E-state index contributed by atoms with van der Waals surface area (Å²) in [5, 5.41) is 5.81. The fourth-order valence-electron chi connectivity index (χ4n) is 3.32. The topological polar surface area (TPSA) is 89.1 Å². The predicted molar refractivity (Wildman–Crippen MR) is 124 cm³/mol. The number of rotatable bonds is 12. The third-order valence-electron chi connectivity index (χ3n) is 4.96.